The molecule has 0 atom stereocenters. The van der Waals surface area contributed by atoms with Gasteiger partial charge in [0.1, 0.15) is 11.5 Å². The number of imide groups is 1. The highest BCUT2D eigenvalue weighted by Gasteiger charge is 2.35. The van der Waals surface area contributed by atoms with Crippen molar-refractivity contribution in [1.29, 1.82) is 0 Å². The summed E-state index contributed by atoms with van der Waals surface area (Å²) in [6, 6.07) is 13.3. The summed E-state index contributed by atoms with van der Waals surface area (Å²) in [6.45, 7) is 1.66. The number of rotatable bonds is 7. The molecule has 0 unspecified atom stereocenters. The van der Waals surface area contributed by atoms with E-state index in [0.717, 1.165) is 4.90 Å². The largest absolute Gasteiger partial charge is 0.494 e. The highest BCUT2D eigenvalue weighted by atomic mass is 16.6. The second kappa shape index (κ2) is 7.69. The van der Waals surface area contributed by atoms with Crippen LogP contribution in [0.3, 0.4) is 0 Å². The number of benzene rings is 2. The Bertz CT molecular complexity index is 795. The van der Waals surface area contributed by atoms with Gasteiger partial charge >= 0.3 is 5.97 Å². The second-order valence-electron chi connectivity index (χ2n) is 5.42. The van der Waals surface area contributed by atoms with Crippen molar-refractivity contribution in [3.05, 3.63) is 59.7 Å². The van der Waals surface area contributed by atoms with Crippen LogP contribution in [0.1, 0.15) is 27.6 Å². The van der Waals surface area contributed by atoms with E-state index in [2.05, 4.69) is 0 Å². The molecule has 0 aliphatic carbocycles. The van der Waals surface area contributed by atoms with E-state index in [9.17, 15) is 14.4 Å². The third-order valence-corrected chi connectivity index (χ3v) is 3.72. The van der Waals surface area contributed by atoms with Crippen LogP contribution in [0.4, 0.5) is 0 Å². The first-order valence-corrected chi connectivity index (χ1v) is 8.06. The van der Waals surface area contributed by atoms with E-state index in [1.165, 1.54) is 0 Å². The maximum atomic E-state index is 12.2. The standard InChI is InChI=1S/C19H17NO6/c1-2-24-13-7-9-14(10-8-13)25-11-17(21)26-12-20-18(22)15-5-3-4-6-16(15)19(20)23/h3-10H,2,11-12H2,1H3. The van der Waals surface area contributed by atoms with Crippen molar-refractivity contribution >= 4 is 17.8 Å². The van der Waals surface area contributed by atoms with E-state index >= 15 is 0 Å². The number of fused-ring (bicyclic) bond motifs is 1. The van der Waals surface area contributed by atoms with Gasteiger partial charge in [-0.1, -0.05) is 12.1 Å². The Morgan fingerprint density at radius 1 is 0.885 bits per heavy atom. The van der Waals surface area contributed by atoms with E-state index in [4.69, 9.17) is 14.2 Å². The summed E-state index contributed by atoms with van der Waals surface area (Å²) < 4.78 is 15.6. The molecule has 0 aromatic heterocycles. The summed E-state index contributed by atoms with van der Waals surface area (Å²) in [6.07, 6.45) is 0. The average molecular weight is 355 g/mol. The summed E-state index contributed by atoms with van der Waals surface area (Å²) in [4.78, 5) is 37.0. The lowest BCUT2D eigenvalue weighted by Crippen LogP contribution is -2.34. The molecule has 26 heavy (non-hydrogen) atoms. The first-order valence-electron chi connectivity index (χ1n) is 8.06. The van der Waals surface area contributed by atoms with Crippen LogP contribution in [0.25, 0.3) is 0 Å². The number of nitrogens with zero attached hydrogens (tertiary/aromatic N) is 1. The molecule has 7 nitrogen and oxygen atoms in total. The lowest BCUT2D eigenvalue weighted by Gasteiger charge is -2.14. The van der Waals surface area contributed by atoms with Crippen LogP contribution in [0.15, 0.2) is 48.5 Å². The van der Waals surface area contributed by atoms with Crippen molar-refractivity contribution < 1.29 is 28.6 Å². The van der Waals surface area contributed by atoms with Crippen molar-refractivity contribution in [1.82, 2.24) is 4.90 Å². The third kappa shape index (κ3) is 3.66. The van der Waals surface area contributed by atoms with Crippen LogP contribution in [-0.4, -0.2) is 42.6 Å². The summed E-state index contributed by atoms with van der Waals surface area (Å²) in [5, 5.41) is 0. The Morgan fingerprint density at radius 3 is 1.96 bits per heavy atom. The molecule has 0 spiro atoms. The summed E-state index contributed by atoms with van der Waals surface area (Å²) in [5.74, 6) is -0.466. The zero-order valence-electron chi connectivity index (χ0n) is 14.1. The van der Waals surface area contributed by atoms with Gasteiger partial charge in [-0.05, 0) is 43.3 Å². The molecule has 0 saturated carbocycles. The van der Waals surface area contributed by atoms with E-state index in [1.54, 1.807) is 48.5 Å². The van der Waals surface area contributed by atoms with Crippen LogP contribution in [0.2, 0.25) is 0 Å². The normalized spacial score (nSPS) is 12.7. The molecule has 7 heteroatoms. The minimum atomic E-state index is -0.685. The Morgan fingerprint density at radius 2 is 1.42 bits per heavy atom. The Labute approximate surface area is 150 Å². The fourth-order valence-corrected chi connectivity index (χ4v) is 2.48. The van der Waals surface area contributed by atoms with Crippen molar-refractivity contribution in [2.45, 2.75) is 6.92 Å². The van der Waals surface area contributed by atoms with Gasteiger partial charge in [-0.15, -0.1) is 0 Å². The summed E-state index contributed by atoms with van der Waals surface area (Å²) >= 11 is 0. The average Bonchev–Trinajstić information content (AvgIpc) is 2.90. The van der Waals surface area contributed by atoms with Gasteiger partial charge in [0, 0.05) is 0 Å². The molecule has 0 N–H and O–H groups in total. The molecule has 1 heterocycles. The molecule has 134 valence electrons. The molecule has 0 fully saturated rings. The fraction of sp³-hybridized carbons (Fsp3) is 0.211. The van der Waals surface area contributed by atoms with E-state index in [0.29, 0.717) is 29.2 Å². The molecule has 2 amide bonds. The van der Waals surface area contributed by atoms with Crippen molar-refractivity contribution in [3.63, 3.8) is 0 Å². The van der Waals surface area contributed by atoms with E-state index in [-0.39, 0.29) is 6.61 Å². The molecule has 2 aromatic rings. The lowest BCUT2D eigenvalue weighted by atomic mass is 10.1. The van der Waals surface area contributed by atoms with Crippen molar-refractivity contribution in [3.8, 4) is 11.5 Å². The monoisotopic (exact) mass is 355 g/mol. The van der Waals surface area contributed by atoms with Crippen LogP contribution in [0.5, 0.6) is 11.5 Å². The maximum absolute atomic E-state index is 12.2. The van der Waals surface area contributed by atoms with Gasteiger partial charge in [-0.2, -0.15) is 0 Å². The number of hydrogen-bond acceptors (Lipinski definition) is 6. The summed E-state index contributed by atoms with van der Waals surface area (Å²) in [5.41, 5.74) is 0.610. The fourth-order valence-electron chi connectivity index (χ4n) is 2.48. The first-order chi connectivity index (χ1) is 12.6. The van der Waals surface area contributed by atoms with Crippen LogP contribution in [0, 0.1) is 0 Å². The van der Waals surface area contributed by atoms with Gasteiger partial charge in [0.15, 0.2) is 13.3 Å². The highest BCUT2D eigenvalue weighted by Crippen LogP contribution is 2.22. The minimum Gasteiger partial charge on any atom is -0.494 e. The Balaban J connectivity index is 1.49. The van der Waals surface area contributed by atoms with E-state index in [1.807, 2.05) is 6.92 Å². The Hall–Kier alpha value is -3.35. The SMILES string of the molecule is CCOc1ccc(OCC(=O)OCN2C(=O)c3ccccc3C2=O)cc1. The van der Waals surface area contributed by atoms with Gasteiger partial charge in [-0.3, -0.25) is 9.59 Å². The molecule has 2 aromatic carbocycles. The second-order valence-corrected chi connectivity index (χ2v) is 5.42. The van der Waals surface area contributed by atoms with Gasteiger partial charge in [0.05, 0.1) is 17.7 Å². The number of esters is 1. The van der Waals surface area contributed by atoms with E-state index < -0.39 is 24.5 Å². The number of carbonyl (C=O) groups excluding carboxylic acids is 3. The first kappa shape index (κ1) is 17.5. The molecule has 1 aliphatic heterocycles. The smallest absolute Gasteiger partial charge is 0.345 e. The predicted octanol–water partition coefficient (Wildman–Crippen LogP) is 2.26. The number of ether oxygens (including phenoxy) is 3. The molecule has 0 radical (unpaired) electrons. The van der Waals surface area contributed by atoms with Gasteiger partial charge < -0.3 is 14.2 Å². The zero-order valence-corrected chi connectivity index (χ0v) is 14.1. The molecular weight excluding hydrogens is 338 g/mol. The highest BCUT2D eigenvalue weighted by molar-refractivity contribution is 6.21. The van der Waals surface area contributed by atoms with Crippen LogP contribution >= 0.6 is 0 Å². The van der Waals surface area contributed by atoms with Crippen LogP contribution < -0.4 is 9.47 Å². The number of amides is 2. The quantitative estimate of drug-likeness (QED) is 0.560. The van der Waals surface area contributed by atoms with Crippen molar-refractivity contribution in [2.24, 2.45) is 0 Å². The van der Waals surface area contributed by atoms with Gasteiger partial charge in [0.2, 0.25) is 0 Å². The predicted molar refractivity (Wildman–Crippen MR) is 91.0 cm³/mol. The molecule has 3 rings (SSSR count). The third-order valence-electron chi connectivity index (χ3n) is 3.72. The zero-order chi connectivity index (χ0) is 18.5. The topological polar surface area (TPSA) is 82.1 Å². The molecule has 0 saturated heterocycles. The maximum Gasteiger partial charge on any atom is 0.345 e. The summed E-state index contributed by atoms with van der Waals surface area (Å²) in [7, 11) is 0. The number of hydrogen-bond donors (Lipinski definition) is 0. The van der Waals surface area contributed by atoms with Crippen molar-refractivity contribution in [2.75, 3.05) is 19.9 Å². The molecular formula is C19H17NO6. The minimum absolute atomic E-state index is 0.305. The van der Waals surface area contributed by atoms with Gasteiger partial charge in [0.25, 0.3) is 11.8 Å². The lowest BCUT2D eigenvalue weighted by molar-refractivity contribution is -0.148. The van der Waals surface area contributed by atoms with Gasteiger partial charge in [-0.25, -0.2) is 9.69 Å². The molecule has 1 aliphatic rings. The Kier molecular flexibility index (Phi) is 5.17. The van der Waals surface area contributed by atoms with Crippen LogP contribution in [-0.2, 0) is 9.53 Å². The molecule has 0 bridgehead atoms. The number of carbonyl (C=O) groups is 3.